The Bertz CT molecular complexity index is 601. The van der Waals surface area contributed by atoms with Crippen molar-refractivity contribution in [3.8, 4) is 0 Å². The maximum absolute atomic E-state index is 5.89. The zero-order valence-corrected chi connectivity index (χ0v) is 15.6. The van der Waals surface area contributed by atoms with E-state index >= 15 is 0 Å². The molecular formula is C20H28N2OS. The number of rotatable bonds is 8. The predicted octanol–water partition coefficient (Wildman–Crippen LogP) is 4.57. The minimum Gasteiger partial charge on any atom is -0.381 e. The van der Waals surface area contributed by atoms with Crippen LogP contribution in [-0.4, -0.2) is 36.2 Å². The van der Waals surface area contributed by atoms with Crippen LogP contribution in [0.4, 0.5) is 0 Å². The molecule has 2 unspecified atom stereocenters. The molecule has 1 fully saturated rings. The van der Waals surface area contributed by atoms with E-state index in [4.69, 9.17) is 4.74 Å². The summed E-state index contributed by atoms with van der Waals surface area (Å²) < 4.78 is 5.89. The standard InChI is InChI=1S/C20H28N2OS/c1-3-23-16-20(8-6-18-7-12-24-14-18)9-11-22(15-20)17(2)19-5-4-10-21-13-19/h4-5,7,10,12-14,17H,3,6,8-9,11,15-16H2,1-2H3. The third-order valence-electron chi connectivity index (χ3n) is 5.32. The number of nitrogens with zero attached hydrogens (tertiary/aromatic N) is 2. The first-order chi connectivity index (χ1) is 11.7. The molecule has 1 aliphatic heterocycles. The van der Waals surface area contributed by atoms with Crippen LogP contribution in [0.2, 0.25) is 0 Å². The van der Waals surface area contributed by atoms with Crippen LogP contribution in [0.5, 0.6) is 0 Å². The summed E-state index contributed by atoms with van der Waals surface area (Å²) in [7, 11) is 0. The van der Waals surface area contributed by atoms with E-state index < -0.39 is 0 Å². The van der Waals surface area contributed by atoms with Crippen LogP contribution < -0.4 is 0 Å². The van der Waals surface area contributed by atoms with Gasteiger partial charge in [0.2, 0.25) is 0 Å². The molecule has 1 saturated heterocycles. The van der Waals surface area contributed by atoms with Crippen molar-refractivity contribution in [2.75, 3.05) is 26.3 Å². The molecule has 0 amide bonds. The number of aryl methyl sites for hydroxylation is 1. The smallest absolute Gasteiger partial charge is 0.0535 e. The second-order valence-electron chi connectivity index (χ2n) is 6.95. The molecular weight excluding hydrogens is 316 g/mol. The van der Waals surface area contributed by atoms with Crippen molar-refractivity contribution in [1.29, 1.82) is 0 Å². The molecule has 2 aromatic heterocycles. The van der Waals surface area contributed by atoms with Crippen LogP contribution in [0.3, 0.4) is 0 Å². The molecule has 2 aromatic rings. The third-order valence-corrected chi connectivity index (χ3v) is 6.05. The van der Waals surface area contributed by atoms with Gasteiger partial charge in [-0.3, -0.25) is 9.88 Å². The Morgan fingerprint density at radius 3 is 3.04 bits per heavy atom. The van der Waals surface area contributed by atoms with Crippen molar-refractivity contribution in [3.05, 3.63) is 52.5 Å². The summed E-state index contributed by atoms with van der Waals surface area (Å²) >= 11 is 1.79. The van der Waals surface area contributed by atoms with E-state index in [-0.39, 0.29) is 5.41 Å². The van der Waals surface area contributed by atoms with Crippen LogP contribution in [0.25, 0.3) is 0 Å². The number of thiophene rings is 1. The first-order valence-electron chi connectivity index (χ1n) is 8.95. The molecule has 3 heterocycles. The summed E-state index contributed by atoms with van der Waals surface area (Å²) in [4.78, 5) is 6.88. The molecule has 1 aliphatic rings. The van der Waals surface area contributed by atoms with E-state index in [1.165, 1.54) is 24.0 Å². The van der Waals surface area contributed by atoms with Gasteiger partial charge in [0.15, 0.2) is 0 Å². The lowest BCUT2D eigenvalue weighted by Crippen LogP contribution is -2.33. The largest absolute Gasteiger partial charge is 0.381 e. The molecule has 2 atom stereocenters. The van der Waals surface area contributed by atoms with Gasteiger partial charge in [-0.15, -0.1) is 0 Å². The summed E-state index contributed by atoms with van der Waals surface area (Å²) in [6.07, 6.45) is 7.44. The minimum atomic E-state index is 0.286. The number of likely N-dealkylation sites (tertiary alicyclic amines) is 1. The van der Waals surface area contributed by atoms with Crippen LogP contribution in [0.15, 0.2) is 41.4 Å². The fraction of sp³-hybridized carbons (Fsp3) is 0.550. The lowest BCUT2D eigenvalue weighted by Gasteiger charge is -2.31. The maximum Gasteiger partial charge on any atom is 0.0535 e. The second kappa shape index (κ2) is 8.24. The van der Waals surface area contributed by atoms with Gasteiger partial charge in [-0.05, 0) is 73.7 Å². The zero-order chi connectivity index (χ0) is 16.8. The van der Waals surface area contributed by atoms with E-state index in [9.17, 15) is 0 Å². The summed E-state index contributed by atoms with van der Waals surface area (Å²) in [5.74, 6) is 0. The number of ether oxygens (including phenoxy) is 1. The Kier molecular flexibility index (Phi) is 6.04. The molecule has 0 radical (unpaired) electrons. The number of aromatic nitrogens is 1. The van der Waals surface area contributed by atoms with Crippen LogP contribution in [-0.2, 0) is 11.2 Å². The van der Waals surface area contributed by atoms with E-state index in [1.807, 2.05) is 18.5 Å². The summed E-state index contributed by atoms with van der Waals surface area (Å²) in [6.45, 7) is 8.34. The normalized spacial score (nSPS) is 22.8. The van der Waals surface area contributed by atoms with E-state index in [1.54, 1.807) is 11.3 Å². The fourth-order valence-corrected chi connectivity index (χ4v) is 4.39. The minimum absolute atomic E-state index is 0.286. The highest BCUT2D eigenvalue weighted by Crippen LogP contribution is 2.39. The van der Waals surface area contributed by atoms with Crippen molar-refractivity contribution >= 4 is 11.3 Å². The molecule has 0 spiro atoms. The van der Waals surface area contributed by atoms with Gasteiger partial charge in [0, 0.05) is 37.0 Å². The maximum atomic E-state index is 5.89. The van der Waals surface area contributed by atoms with Crippen LogP contribution in [0, 0.1) is 5.41 Å². The van der Waals surface area contributed by atoms with Gasteiger partial charge in [-0.25, -0.2) is 0 Å². The van der Waals surface area contributed by atoms with E-state index in [2.05, 4.69) is 46.6 Å². The van der Waals surface area contributed by atoms with Crippen LogP contribution in [0.1, 0.15) is 43.9 Å². The van der Waals surface area contributed by atoms with Gasteiger partial charge in [-0.2, -0.15) is 11.3 Å². The highest BCUT2D eigenvalue weighted by atomic mass is 32.1. The van der Waals surface area contributed by atoms with Gasteiger partial charge in [0.25, 0.3) is 0 Å². The van der Waals surface area contributed by atoms with E-state index in [0.717, 1.165) is 32.7 Å². The number of pyridine rings is 1. The van der Waals surface area contributed by atoms with Gasteiger partial charge in [0.05, 0.1) is 6.61 Å². The SMILES string of the molecule is CCOCC1(CCc2ccsc2)CCN(C(C)c2cccnc2)C1. The van der Waals surface area contributed by atoms with Crippen molar-refractivity contribution in [3.63, 3.8) is 0 Å². The summed E-state index contributed by atoms with van der Waals surface area (Å²) in [5, 5.41) is 4.45. The average molecular weight is 345 g/mol. The Morgan fingerprint density at radius 2 is 2.33 bits per heavy atom. The molecule has 130 valence electrons. The number of hydrogen-bond acceptors (Lipinski definition) is 4. The van der Waals surface area contributed by atoms with E-state index in [0.29, 0.717) is 6.04 Å². The molecule has 24 heavy (non-hydrogen) atoms. The monoisotopic (exact) mass is 344 g/mol. The first-order valence-corrected chi connectivity index (χ1v) is 9.89. The molecule has 0 saturated carbocycles. The van der Waals surface area contributed by atoms with Crippen molar-refractivity contribution < 1.29 is 4.74 Å². The Hall–Kier alpha value is -1.23. The first kappa shape index (κ1) is 17.6. The predicted molar refractivity (Wildman–Crippen MR) is 100 cm³/mol. The van der Waals surface area contributed by atoms with Crippen LogP contribution >= 0.6 is 11.3 Å². The highest BCUT2D eigenvalue weighted by Gasteiger charge is 2.39. The number of hydrogen-bond donors (Lipinski definition) is 0. The van der Waals surface area contributed by atoms with Gasteiger partial charge in [-0.1, -0.05) is 6.07 Å². The zero-order valence-electron chi connectivity index (χ0n) is 14.8. The molecule has 0 aromatic carbocycles. The molecule has 4 heteroatoms. The van der Waals surface area contributed by atoms with Crippen molar-refractivity contribution in [2.24, 2.45) is 5.41 Å². The average Bonchev–Trinajstić information content (AvgIpc) is 3.29. The lowest BCUT2D eigenvalue weighted by atomic mass is 9.82. The van der Waals surface area contributed by atoms with Crippen molar-refractivity contribution in [1.82, 2.24) is 9.88 Å². The van der Waals surface area contributed by atoms with Gasteiger partial charge >= 0.3 is 0 Å². The molecule has 3 nitrogen and oxygen atoms in total. The lowest BCUT2D eigenvalue weighted by molar-refractivity contribution is 0.0466. The summed E-state index contributed by atoms with van der Waals surface area (Å²) in [6, 6.07) is 6.89. The molecule has 0 aliphatic carbocycles. The molecule has 0 N–H and O–H groups in total. The topological polar surface area (TPSA) is 25.4 Å². The quantitative estimate of drug-likeness (QED) is 0.701. The Morgan fingerprint density at radius 1 is 1.42 bits per heavy atom. The Labute approximate surface area is 149 Å². The molecule has 0 bridgehead atoms. The highest BCUT2D eigenvalue weighted by molar-refractivity contribution is 7.07. The van der Waals surface area contributed by atoms with Crippen molar-refractivity contribution in [2.45, 2.75) is 39.2 Å². The molecule has 3 rings (SSSR count). The van der Waals surface area contributed by atoms with Gasteiger partial charge in [0.1, 0.15) is 0 Å². The second-order valence-corrected chi connectivity index (χ2v) is 7.73. The Balaban J connectivity index is 1.66. The summed E-state index contributed by atoms with van der Waals surface area (Å²) in [5.41, 5.74) is 3.06. The third kappa shape index (κ3) is 4.24. The van der Waals surface area contributed by atoms with Gasteiger partial charge < -0.3 is 4.74 Å². The fourth-order valence-electron chi connectivity index (χ4n) is 3.69.